The molecular formula is C18H24N6O2S. The van der Waals surface area contributed by atoms with E-state index in [9.17, 15) is 9.59 Å². The third kappa shape index (κ3) is 5.22. The van der Waals surface area contributed by atoms with Crippen LogP contribution in [0.15, 0.2) is 23.8 Å². The lowest BCUT2D eigenvalue weighted by Crippen LogP contribution is -2.43. The van der Waals surface area contributed by atoms with E-state index in [0.29, 0.717) is 17.2 Å². The van der Waals surface area contributed by atoms with Crippen LogP contribution in [0.2, 0.25) is 0 Å². The van der Waals surface area contributed by atoms with Crippen LogP contribution in [-0.2, 0) is 4.79 Å². The summed E-state index contributed by atoms with van der Waals surface area (Å²) in [7, 11) is 0. The zero-order valence-electron chi connectivity index (χ0n) is 15.4. The Morgan fingerprint density at radius 3 is 2.96 bits per heavy atom. The summed E-state index contributed by atoms with van der Waals surface area (Å²) in [4.78, 5) is 31.0. The molecular weight excluding hydrogens is 364 g/mol. The summed E-state index contributed by atoms with van der Waals surface area (Å²) in [5, 5.41) is 13.6. The van der Waals surface area contributed by atoms with Crippen LogP contribution in [0.25, 0.3) is 0 Å². The van der Waals surface area contributed by atoms with Gasteiger partial charge in [0.15, 0.2) is 0 Å². The number of nitrogens with one attached hydrogen (secondary N) is 2. The highest BCUT2D eigenvalue weighted by atomic mass is 32.1. The normalized spacial score (nSPS) is 16.8. The number of hydrogen-bond acceptors (Lipinski definition) is 7. The molecule has 0 aliphatic carbocycles. The number of anilines is 2. The number of carbonyl (C=O) groups is 2. The molecule has 1 atom stereocenters. The molecule has 1 aliphatic heterocycles. The molecule has 1 unspecified atom stereocenters. The van der Waals surface area contributed by atoms with Gasteiger partial charge in [-0.15, -0.1) is 10.2 Å². The first kappa shape index (κ1) is 19.2. The van der Waals surface area contributed by atoms with Crippen molar-refractivity contribution in [3.05, 3.63) is 29.4 Å². The number of nitrogens with zero attached hydrogens (tertiary/aromatic N) is 4. The van der Waals surface area contributed by atoms with Crippen LogP contribution in [0, 0.1) is 5.92 Å². The molecule has 27 heavy (non-hydrogen) atoms. The zero-order valence-corrected chi connectivity index (χ0v) is 16.2. The van der Waals surface area contributed by atoms with E-state index >= 15 is 0 Å². The van der Waals surface area contributed by atoms with E-state index in [1.54, 1.807) is 17.8 Å². The van der Waals surface area contributed by atoms with Gasteiger partial charge in [0.2, 0.25) is 11.0 Å². The van der Waals surface area contributed by atoms with E-state index in [0.717, 1.165) is 44.6 Å². The van der Waals surface area contributed by atoms with E-state index in [-0.39, 0.29) is 17.7 Å². The summed E-state index contributed by atoms with van der Waals surface area (Å²) in [5.41, 5.74) is 2.02. The number of carbonyl (C=O) groups excluding carboxylic acids is 2. The van der Waals surface area contributed by atoms with Crippen molar-refractivity contribution in [2.24, 2.45) is 5.92 Å². The Bertz CT molecular complexity index is 750. The fraction of sp³-hybridized carbons (Fsp3) is 0.500. The van der Waals surface area contributed by atoms with Gasteiger partial charge in [-0.2, -0.15) is 0 Å². The van der Waals surface area contributed by atoms with Crippen molar-refractivity contribution in [1.82, 2.24) is 20.5 Å². The molecule has 1 aliphatic rings. The second kappa shape index (κ2) is 9.40. The van der Waals surface area contributed by atoms with Gasteiger partial charge in [0, 0.05) is 25.8 Å². The Morgan fingerprint density at radius 1 is 1.37 bits per heavy atom. The number of piperidine rings is 1. The van der Waals surface area contributed by atoms with Crippen LogP contribution in [0.5, 0.6) is 0 Å². The van der Waals surface area contributed by atoms with Crippen LogP contribution in [-0.4, -0.2) is 46.6 Å². The molecule has 144 valence electrons. The molecule has 1 fully saturated rings. The number of aromatic nitrogens is 3. The van der Waals surface area contributed by atoms with Gasteiger partial charge in [-0.1, -0.05) is 24.7 Å². The molecule has 1 saturated heterocycles. The lowest BCUT2D eigenvalue weighted by atomic mass is 9.97. The fourth-order valence-electron chi connectivity index (χ4n) is 3.04. The fourth-order valence-corrected chi connectivity index (χ4v) is 3.48. The summed E-state index contributed by atoms with van der Waals surface area (Å²) < 4.78 is 0. The van der Waals surface area contributed by atoms with Crippen molar-refractivity contribution in [3.8, 4) is 0 Å². The van der Waals surface area contributed by atoms with Gasteiger partial charge < -0.3 is 10.2 Å². The third-order valence-corrected chi connectivity index (χ3v) is 5.14. The third-order valence-electron chi connectivity index (χ3n) is 4.54. The van der Waals surface area contributed by atoms with E-state index < -0.39 is 0 Å². The van der Waals surface area contributed by atoms with Crippen LogP contribution in [0.1, 0.15) is 43.0 Å². The van der Waals surface area contributed by atoms with Gasteiger partial charge in [-0.25, -0.2) is 4.98 Å². The second-order valence-electron chi connectivity index (χ2n) is 6.53. The van der Waals surface area contributed by atoms with E-state index in [1.807, 2.05) is 6.07 Å². The minimum Gasteiger partial charge on any atom is -0.356 e. The summed E-state index contributed by atoms with van der Waals surface area (Å²) in [5.74, 6) is 0.630. The maximum Gasteiger partial charge on any atom is 0.259 e. The molecule has 0 radical (unpaired) electrons. The van der Waals surface area contributed by atoms with Gasteiger partial charge in [-0.3, -0.25) is 14.9 Å². The smallest absolute Gasteiger partial charge is 0.259 e. The van der Waals surface area contributed by atoms with E-state index in [2.05, 4.69) is 37.6 Å². The molecule has 2 aromatic rings. The molecule has 3 rings (SSSR count). The van der Waals surface area contributed by atoms with Crippen molar-refractivity contribution in [2.75, 3.05) is 29.9 Å². The van der Waals surface area contributed by atoms with Gasteiger partial charge in [0.05, 0.1) is 11.5 Å². The standard InChI is InChI=1S/C18H24N6O2S/c1-2-3-8-19-16(25)14-5-4-9-24(11-14)15-7-6-13(10-20-15)17(26)22-18-23-21-12-27-18/h6-7,10,12,14H,2-5,8-9,11H2,1H3,(H,19,25)(H,22,23,26). The molecule has 0 bridgehead atoms. The van der Waals surface area contributed by atoms with E-state index in [4.69, 9.17) is 0 Å². The van der Waals surface area contributed by atoms with Crippen LogP contribution >= 0.6 is 11.3 Å². The molecule has 2 N–H and O–H groups in total. The average molecular weight is 388 g/mol. The zero-order chi connectivity index (χ0) is 19.1. The topological polar surface area (TPSA) is 100 Å². The molecule has 2 amide bonds. The average Bonchev–Trinajstić information content (AvgIpc) is 3.21. The SMILES string of the molecule is CCCCNC(=O)C1CCCN(c2ccc(C(=O)Nc3nncs3)cn2)C1. The first-order valence-corrected chi connectivity index (χ1v) is 10.1. The first-order chi connectivity index (χ1) is 13.2. The lowest BCUT2D eigenvalue weighted by Gasteiger charge is -2.33. The van der Waals surface area contributed by atoms with Crippen LogP contribution in [0.3, 0.4) is 0 Å². The Balaban J connectivity index is 1.57. The van der Waals surface area contributed by atoms with Crippen molar-refractivity contribution in [2.45, 2.75) is 32.6 Å². The van der Waals surface area contributed by atoms with Crippen molar-refractivity contribution < 1.29 is 9.59 Å². The Morgan fingerprint density at radius 2 is 2.26 bits per heavy atom. The summed E-state index contributed by atoms with van der Waals surface area (Å²) in [6.07, 6.45) is 5.48. The van der Waals surface area contributed by atoms with Gasteiger partial charge in [0.25, 0.3) is 5.91 Å². The molecule has 0 spiro atoms. The number of unbranched alkanes of at least 4 members (excludes halogenated alkanes) is 1. The summed E-state index contributed by atoms with van der Waals surface area (Å²) >= 11 is 1.26. The number of pyridine rings is 1. The Hall–Kier alpha value is -2.55. The largest absolute Gasteiger partial charge is 0.356 e. The molecule has 0 saturated carbocycles. The molecule has 2 aromatic heterocycles. The number of amides is 2. The first-order valence-electron chi connectivity index (χ1n) is 9.23. The second-order valence-corrected chi connectivity index (χ2v) is 7.37. The van der Waals surface area contributed by atoms with Gasteiger partial charge in [0.1, 0.15) is 11.3 Å². The highest BCUT2D eigenvalue weighted by Crippen LogP contribution is 2.22. The lowest BCUT2D eigenvalue weighted by molar-refractivity contribution is -0.125. The van der Waals surface area contributed by atoms with Crippen molar-refractivity contribution in [3.63, 3.8) is 0 Å². The highest BCUT2D eigenvalue weighted by Gasteiger charge is 2.26. The quantitative estimate of drug-likeness (QED) is 0.706. The predicted octanol–water partition coefficient (Wildman–Crippen LogP) is 2.32. The van der Waals surface area contributed by atoms with E-state index in [1.165, 1.54) is 11.3 Å². The van der Waals surface area contributed by atoms with Gasteiger partial charge >= 0.3 is 0 Å². The monoisotopic (exact) mass is 388 g/mol. The Labute approximate surface area is 162 Å². The maximum atomic E-state index is 12.3. The minimum absolute atomic E-state index is 0.0159. The minimum atomic E-state index is -0.266. The van der Waals surface area contributed by atoms with Crippen molar-refractivity contribution in [1.29, 1.82) is 0 Å². The predicted molar refractivity (Wildman–Crippen MR) is 105 cm³/mol. The molecule has 9 heteroatoms. The molecule has 0 aromatic carbocycles. The number of rotatable bonds is 7. The number of hydrogen-bond donors (Lipinski definition) is 2. The molecule has 8 nitrogen and oxygen atoms in total. The van der Waals surface area contributed by atoms with Crippen LogP contribution in [0.4, 0.5) is 10.9 Å². The Kier molecular flexibility index (Phi) is 6.69. The van der Waals surface area contributed by atoms with Crippen LogP contribution < -0.4 is 15.5 Å². The highest BCUT2D eigenvalue weighted by molar-refractivity contribution is 7.13. The van der Waals surface area contributed by atoms with Gasteiger partial charge in [-0.05, 0) is 31.4 Å². The summed E-state index contributed by atoms with van der Waals surface area (Å²) in [6.45, 7) is 4.36. The molecule has 3 heterocycles. The summed E-state index contributed by atoms with van der Waals surface area (Å²) in [6, 6.07) is 3.57. The maximum absolute atomic E-state index is 12.3. The van der Waals surface area contributed by atoms with Crippen molar-refractivity contribution >= 4 is 34.1 Å².